The van der Waals surface area contributed by atoms with Gasteiger partial charge >= 0.3 is 18.0 Å². The second-order valence-electron chi connectivity index (χ2n) is 12.4. The second kappa shape index (κ2) is 17.6. The molecule has 256 valence electrons. The topological polar surface area (TPSA) is 111 Å². The van der Waals surface area contributed by atoms with Crippen LogP contribution in [0.1, 0.15) is 74.7 Å². The number of aryl methyl sites for hydroxylation is 1. The number of hydrogen-bond donors (Lipinski definition) is 1. The molecule has 0 bridgehead atoms. The van der Waals surface area contributed by atoms with Gasteiger partial charge < -0.3 is 28.5 Å². The van der Waals surface area contributed by atoms with Crippen molar-refractivity contribution in [2.24, 2.45) is 0 Å². The Hall–Kier alpha value is -4.44. The van der Waals surface area contributed by atoms with E-state index in [0.29, 0.717) is 6.54 Å². The molecule has 0 aliphatic carbocycles. The molecule has 0 aliphatic rings. The largest absolute Gasteiger partial charge is 0.519 e. The number of carbonyl (C=O) groups excluding carboxylic acids is 2. The van der Waals surface area contributed by atoms with E-state index in [2.05, 4.69) is 96.3 Å². The molecule has 4 rings (SSSR count). The standard InChI is InChI=1S/C38H46N2O7S/c1-29-33(46-36(43)45-29)28-44-35(42)40(26-24-39-34(41)47-37(2,3)4)25-16-5-6-17-27-48-38(30-18-10-7-11-19-30,31-20-12-8-13-21-31)32-22-14-9-15-23-32/h7-15,18-23H,5-6,16-17,24-28H2,1-4H3,(H,39,41). The normalized spacial score (nSPS) is 11.6. The van der Waals surface area contributed by atoms with Crippen LogP contribution < -0.4 is 11.1 Å². The first kappa shape index (κ1) is 36.4. The van der Waals surface area contributed by atoms with E-state index in [1.54, 1.807) is 32.6 Å². The Bertz CT molecular complexity index is 1520. The van der Waals surface area contributed by atoms with Crippen LogP contribution in [-0.2, 0) is 20.8 Å². The average Bonchev–Trinajstić information content (AvgIpc) is 3.40. The Morgan fingerprint density at radius 1 is 0.771 bits per heavy atom. The molecule has 1 heterocycles. The number of hydrogen-bond acceptors (Lipinski definition) is 8. The Balaban J connectivity index is 1.34. The summed E-state index contributed by atoms with van der Waals surface area (Å²) in [6.45, 7) is 7.57. The lowest BCUT2D eigenvalue weighted by atomic mass is 9.84. The number of benzene rings is 3. The van der Waals surface area contributed by atoms with E-state index in [-0.39, 0.29) is 36.0 Å². The van der Waals surface area contributed by atoms with Crippen molar-refractivity contribution < 1.29 is 27.9 Å². The summed E-state index contributed by atoms with van der Waals surface area (Å²) in [4.78, 5) is 38.1. The number of rotatable bonds is 16. The van der Waals surface area contributed by atoms with E-state index in [9.17, 15) is 14.4 Å². The highest BCUT2D eigenvalue weighted by molar-refractivity contribution is 8.00. The molecule has 1 N–H and O–H groups in total. The number of ether oxygens (including phenoxy) is 2. The molecule has 0 aliphatic heterocycles. The third-order valence-corrected chi connectivity index (χ3v) is 9.29. The molecule has 10 heteroatoms. The molecule has 0 unspecified atom stereocenters. The van der Waals surface area contributed by atoms with Crippen LogP contribution in [0.3, 0.4) is 0 Å². The van der Waals surface area contributed by atoms with Gasteiger partial charge in [0.25, 0.3) is 0 Å². The lowest BCUT2D eigenvalue weighted by Gasteiger charge is -2.35. The van der Waals surface area contributed by atoms with Crippen molar-refractivity contribution in [2.75, 3.05) is 25.4 Å². The summed E-state index contributed by atoms with van der Waals surface area (Å²) in [5, 5.41) is 2.70. The third kappa shape index (κ3) is 10.5. The van der Waals surface area contributed by atoms with Crippen LogP contribution in [-0.4, -0.2) is 48.1 Å². The molecule has 2 amide bonds. The van der Waals surface area contributed by atoms with Crippen molar-refractivity contribution in [1.82, 2.24) is 10.2 Å². The monoisotopic (exact) mass is 674 g/mol. The first-order valence-corrected chi connectivity index (χ1v) is 17.4. The molecule has 0 spiro atoms. The van der Waals surface area contributed by atoms with Gasteiger partial charge in [-0.2, -0.15) is 0 Å². The van der Waals surface area contributed by atoms with Crippen LogP contribution in [0.4, 0.5) is 9.59 Å². The lowest BCUT2D eigenvalue weighted by molar-refractivity contribution is 0.0513. The fourth-order valence-corrected chi connectivity index (χ4v) is 6.94. The zero-order chi connectivity index (χ0) is 34.4. The maximum Gasteiger partial charge on any atom is 0.519 e. The summed E-state index contributed by atoms with van der Waals surface area (Å²) in [6, 6.07) is 32.0. The zero-order valence-electron chi connectivity index (χ0n) is 28.2. The summed E-state index contributed by atoms with van der Waals surface area (Å²) >= 11 is 1.95. The minimum Gasteiger partial charge on any atom is -0.444 e. The molecule has 1 aromatic heterocycles. The highest BCUT2D eigenvalue weighted by atomic mass is 32.2. The maximum atomic E-state index is 13.0. The Labute approximate surface area is 287 Å². The Morgan fingerprint density at radius 2 is 1.31 bits per heavy atom. The van der Waals surface area contributed by atoms with Crippen LogP contribution in [0.25, 0.3) is 0 Å². The Kier molecular flexibility index (Phi) is 13.4. The summed E-state index contributed by atoms with van der Waals surface area (Å²) in [6.07, 6.45) is 2.53. The lowest BCUT2D eigenvalue weighted by Crippen LogP contribution is -2.41. The van der Waals surface area contributed by atoms with Crippen molar-refractivity contribution in [2.45, 2.75) is 70.3 Å². The van der Waals surface area contributed by atoms with Crippen LogP contribution in [0.15, 0.2) is 105 Å². The fraction of sp³-hybridized carbons (Fsp3) is 0.395. The van der Waals surface area contributed by atoms with E-state index >= 15 is 0 Å². The van der Waals surface area contributed by atoms with Gasteiger partial charge in [0, 0.05) is 19.6 Å². The number of carbonyl (C=O) groups is 2. The average molecular weight is 675 g/mol. The number of thioether (sulfide) groups is 1. The zero-order valence-corrected chi connectivity index (χ0v) is 29.1. The first-order valence-electron chi connectivity index (χ1n) is 16.4. The maximum absolute atomic E-state index is 13.0. The summed E-state index contributed by atoms with van der Waals surface area (Å²) in [7, 11) is 0. The van der Waals surface area contributed by atoms with Gasteiger partial charge in [-0.05, 0) is 63.0 Å². The smallest absolute Gasteiger partial charge is 0.444 e. The van der Waals surface area contributed by atoms with Crippen molar-refractivity contribution in [3.63, 3.8) is 0 Å². The second-order valence-corrected chi connectivity index (χ2v) is 13.8. The van der Waals surface area contributed by atoms with Gasteiger partial charge in [-0.25, -0.2) is 14.4 Å². The number of nitrogens with one attached hydrogen (secondary N) is 1. The highest BCUT2D eigenvalue weighted by Gasteiger charge is 2.36. The van der Waals surface area contributed by atoms with Gasteiger partial charge in [0.1, 0.15) is 5.60 Å². The fourth-order valence-electron chi connectivity index (χ4n) is 5.38. The summed E-state index contributed by atoms with van der Waals surface area (Å²) in [5.74, 6) is 0.526. The number of nitrogens with zero attached hydrogens (tertiary/aromatic N) is 1. The molecule has 4 aromatic rings. The SMILES string of the molecule is Cc1oc(=O)oc1COC(=O)N(CCCCCCSC(c1ccccc1)(c1ccccc1)c1ccccc1)CCNC(=O)OC(C)(C)C. The minimum absolute atomic E-state index is 0.162. The quantitative estimate of drug-likeness (QED) is 0.0934. The Morgan fingerprint density at radius 3 is 1.81 bits per heavy atom. The van der Waals surface area contributed by atoms with Crippen molar-refractivity contribution in [3.8, 4) is 0 Å². The molecule has 0 atom stereocenters. The van der Waals surface area contributed by atoms with Crippen LogP contribution in [0, 0.1) is 6.92 Å². The van der Waals surface area contributed by atoms with E-state index in [1.165, 1.54) is 16.7 Å². The molecule has 9 nitrogen and oxygen atoms in total. The predicted molar refractivity (Wildman–Crippen MR) is 188 cm³/mol. The molecule has 48 heavy (non-hydrogen) atoms. The molecule has 0 radical (unpaired) electrons. The molecule has 0 fully saturated rings. The van der Waals surface area contributed by atoms with Gasteiger partial charge in [0.05, 0.1) is 4.75 Å². The number of amides is 2. The van der Waals surface area contributed by atoms with Gasteiger partial charge in [0.15, 0.2) is 18.1 Å². The van der Waals surface area contributed by atoms with Crippen molar-refractivity contribution in [1.29, 1.82) is 0 Å². The summed E-state index contributed by atoms with van der Waals surface area (Å²) < 4.78 is 20.2. The van der Waals surface area contributed by atoms with E-state index in [1.807, 2.05) is 11.8 Å². The van der Waals surface area contributed by atoms with E-state index < -0.39 is 23.6 Å². The molecule has 0 saturated carbocycles. The van der Waals surface area contributed by atoms with Gasteiger partial charge in [-0.15, -0.1) is 11.8 Å². The molecule has 3 aromatic carbocycles. The third-order valence-electron chi connectivity index (χ3n) is 7.65. The van der Waals surface area contributed by atoms with Gasteiger partial charge in [-0.3, -0.25) is 0 Å². The first-order chi connectivity index (χ1) is 23.1. The van der Waals surface area contributed by atoms with Crippen LogP contribution in [0.2, 0.25) is 0 Å². The highest BCUT2D eigenvalue weighted by Crippen LogP contribution is 2.48. The molecular formula is C38H46N2O7S. The minimum atomic E-state index is -0.844. The van der Waals surface area contributed by atoms with Crippen LogP contribution in [0.5, 0.6) is 0 Å². The molecular weight excluding hydrogens is 628 g/mol. The van der Waals surface area contributed by atoms with E-state index in [0.717, 1.165) is 31.4 Å². The number of alkyl carbamates (subject to hydrolysis) is 1. The van der Waals surface area contributed by atoms with Gasteiger partial charge in [-0.1, -0.05) is 104 Å². The number of unbranched alkanes of at least 4 members (excludes halogenated alkanes) is 3. The summed E-state index contributed by atoms with van der Waals surface area (Å²) in [5.41, 5.74) is 3.10. The van der Waals surface area contributed by atoms with Crippen LogP contribution >= 0.6 is 11.8 Å². The molecule has 0 saturated heterocycles. The van der Waals surface area contributed by atoms with Gasteiger partial charge in [0.2, 0.25) is 0 Å². The predicted octanol–water partition coefficient (Wildman–Crippen LogP) is 8.29. The van der Waals surface area contributed by atoms with E-state index in [4.69, 9.17) is 18.3 Å². The van der Waals surface area contributed by atoms with Crippen molar-refractivity contribution >= 4 is 23.9 Å². The van der Waals surface area contributed by atoms with Crippen molar-refractivity contribution in [3.05, 3.63) is 130 Å².